The molecule has 7 rings (SSSR count). The Morgan fingerprint density at radius 2 is 1.74 bits per heavy atom. The maximum absolute atomic E-state index is 11.4. The van der Waals surface area contributed by atoms with Gasteiger partial charge in [-0.2, -0.15) is 0 Å². The van der Waals surface area contributed by atoms with E-state index in [1.807, 2.05) is 0 Å². The van der Waals surface area contributed by atoms with Gasteiger partial charge in [0.25, 0.3) is 0 Å². The number of carboxylic acid groups (broad SMARTS) is 1. The highest BCUT2D eigenvalue weighted by molar-refractivity contribution is 5.81. The van der Waals surface area contributed by atoms with E-state index in [1.165, 1.54) is 35.2 Å². The fraction of sp³-hybridized carbons (Fsp3) is 0.500. The smallest absolute Gasteiger partial charge is 0.309 e. The monoisotopic (exact) mass is 361 g/mol. The van der Waals surface area contributed by atoms with Gasteiger partial charge in [-0.25, -0.2) is 9.97 Å². The number of benzene rings is 1. The van der Waals surface area contributed by atoms with Gasteiger partial charge < -0.3 is 10.0 Å². The summed E-state index contributed by atoms with van der Waals surface area (Å²) in [5.41, 5.74) is 5.82. The van der Waals surface area contributed by atoms with Crippen LogP contribution in [0.4, 0.5) is 5.95 Å². The van der Waals surface area contributed by atoms with Crippen LogP contribution < -0.4 is 4.90 Å². The van der Waals surface area contributed by atoms with Crippen LogP contribution in [0.2, 0.25) is 0 Å². The van der Waals surface area contributed by atoms with Gasteiger partial charge in [0.1, 0.15) is 0 Å². The normalized spacial score (nSPS) is 30.1. The summed E-state index contributed by atoms with van der Waals surface area (Å²) in [6.07, 6.45) is 6.93. The minimum Gasteiger partial charge on any atom is -0.481 e. The van der Waals surface area contributed by atoms with Crippen LogP contribution in [0, 0.1) is 5.41 Å². The van der Waals surface area contributed by atoms with Crippen molar-refractivity contribution in [2.24, 2.45) is 5.41 Å². The molecule has 5 heteroatoms. The molecule has 0 spiro atoms. The molecular weight excluding hydrogens is 338 g/mol. The lowest BCUT2D eigenvalue weighted by Crippen LogP contribution is -2.67. The summed E-state index contributed by atoms with van der Waals surface area (Å²) in [7, 11) is 0. The summed E-state index contributed by atoms with van der Waals surface area (Å²) < 4.78 is 0. The van der Waals surface area contributed by atoms with Crippen molar-refractivity contribution in [2.75, 3.05) is 18.0 Å². The van der Waals surface area contributed by atoms with Gasteiger partial charge in [0.05, 0.1) is 11.1 Å². The number of hydrogen-bond acceptors (Lipinski definition) is 4. The summed E-state index contributed by atoms with van der Waals surface area (Å²) in [6.45, 7) is 2.12. The number of fused-ring (bicyclic) bond motifs is 1. The number of aromatic nitrogens is 2. The Hall–Kier alpha value is -2.43. The highest BCUT2D eigenvalue weighted by Gasteiger charge is 2.72. The third-order valence-electron chi connectivity index (χ3n) is 7.31. The first kappa shape index (κ1) is 15.6. The Labute approximate surface area is 158 Å². The van der Waals surface area contributed by atoms with E-state index in [-0.39, 0.29) is 5.41 Å². The molecule has 138 valence electrons. The molecule has 5 nitrogen and oxygen atoms in total. The van der Waals surface area contributed by atoms with Crippen molar-refractivity contribution < 1.29 is 9.90 Å². The molecule has 27 heavy (non-hydrogen) atoms. The van der Waals surface area contributed by atoms with Crippen molar-refractivity contribution in [3.63, 3.8) is 0 Å². The van der Waals surface area contributed by atoms with Gasteiger partial charge in [0.15, 0.2) is 0 Å². The highest BCUT2D eigenvalue weighted by atomic mass is 16.4. The lowest BCUT2D eigenvalue weighted by molar-refractivity contribution is -0.194. The minimum absolute atomic E-state index is 0.118. The molecule has 0 unspecified atom stereocenters. The van der Waals surface area contributed by atoms with Gasteiger partial charge in [0, 0.05) is 29.9 Å². The number of hydrogen-bond donors (Lipinski definition) is 1. The van der Waals surface area contributed by atoms with Gasteiger partial charge in [-0.05, 0) is 55.9 Å². The molecular formula is C22H23N3O2. The van der Waals surface area contributed by atoms with Gasteiger partial charge in [0.2, 0.25) is 5.95 Å². The zero-order chi connectivity index (χ0) is 18.2. The summed E-state index contributed by atoms with van der Waals surface area (Å²) in [4.78, 5) is 23.4. The predicted octanol–water partition coefficient (Wildman–Crippen LogP) is 3.35. The fourth-order valence-corrected chi connectivity index (χ4v) is 5.62. The zero-order valence-corrected chi connectivity index (χ0v) is 15.4. The Morgan fingerprint density at radius 1 is 1.00 bits per heavy atom. The standard InChI is InChI=1S/C22H23N3O2/c26-19(27)22-11-21(12-22,13-22)15-7-5-14(6-8-15)18-16-3-1-4-17(16)23-20(24-18)25-9-2-10-25/h5-8H,1-4,9-13H2,(H,26,27). The summed E-state index contributed by atoms with van der Waals surface area (Å²) in [5.74, 6) is 0.278. The molecule has 0 amide bonds. The van der Waals surface area contributed by atoms with E-state index in [4.69, 9.17) is 9.97 Å². The SMILES string of the molecule is O=C(O)C12CC(c3ccc(-c4nc(N5CCC5)nc5c4CCC5)cc3)(C1)C2. The van der Waals surface area contributed by atoms with E-state index in [0.29, 0.717) is 0 Å². The Balaban J connectivity index is 1.32. The number of carboxylic acids is 1. The minimum atomic E-state index is -0.615. The van der Waals surface area contributed by atoms with Gasteiger partial charge in [-0.1, -0.05) is 24.3 Å². The number of aliphatic carboxylic acids is 1. The van der Waals surface area contributed by atoms with Gasteiger partial charge >= 0.3 is 5.97 Å². The van der Waals surface area contributed by atoms with Crippen LogP contribution in [0.15, 0.2) is 24.3 Å². The van der Waals surface area contributed by atoms with Crippen LogP contribution in [0.1, 0.15) is 48.9 Å². The quantitative estimate of drug-likeness (QED) is 0.905. The van der Waals surface area contributed by atoms with E-state index < -0.39 is 11.4 Å². The number of rotatable bonds is 4. The highest BCUT2D eigenvalue weighted by Crippen LogP contribution is 2.73. The maximum Gasteiger partial charge on any atom is 0.309 e. The van der Waals surface area contributed by atoms with E-state index in [1.54, 1.807) is 0 Å². The van der Waals surface area contributed by atoms with Crippen LogP contribution in [0.25, 0.3) is 11.3 Å². The second-order valence-electron chi connectivity index (χ2n) is 8.97. The van der Waals surface area contributed by atoms with Crippen LogP contribution in [0.3, 0.4) is 0 Å². The molecule has 2 aromatic rings. The van der Waals surface area contributed by atoms with Crippen LogP contribution >= 0.6 is 0 Å². The van der Waals surface area contributed by atoms with Crippen molar-refractivity contribution in [2.45, 2.75) is 50.4 Å². The van der Waals surface area contributed by atoms with Crippen molar-refractivity contribution in [3.05, 3.63) is 41.1 Å². The van der Waals surface area contributed by atoms with E-state index in [2.05, 4.69) is 29.2 Å². The third kappa shape index (κ3) is 2.03. The van der Waals surface area contributed by atoms with Gasteiger partial charge in [-0.3, -0.25) is 4.79 Å². The van der Waals surface area contributed by atoms with Crippen LogP contribution in [-0.4, -0.2) is 34.1 Å². The molecule has 2 bridgehead atoms. The molecule has 1 saturated heterocycles. The fourth-order valence-electron chi connectivity index (χ4n) is 5.62. The third-order valence-corrected chi connectivity index (χ3v) is 7.31. The van der Waals surface area contributed by atoms with Crippen molar-refractivity contribution in [1.29, 1.82) is 0 Å². The molecule has 5 aliphatic rings. The lowest BCUT2D eigenvalue weighted by atomic mass is 9.33. The Bertz CT molecular complexity index is 942. The average molecular weight is 361 g/mol. The maximum atomic E-state index is 11.4. The molecule has 4 aliphatic carbocycles. The average Bonchev–Trinajstić information content (AvgIpc) is 2.99. The molecule has 4 fully saturated rings. The second-order valence-corrected chi connectivity index (χ2v) is 8.97. The van der Waals surface area contributed by atoms with E-state index >= 15 is 0 Å². The summed E-state index contributed by atoms with van der Waals surface area (Å²) in [6, 6.07) is 8.77. The first-order chi connectivity index (χ1) is 13.1. The molecule has 1 aromatic heterocycles. The first-order valence-corrected chi connectivity index (χ1v) is 10.1. The predicted molar refractivity (Wildman–Crippen MR) is 102 cm³/mol. The Kier molecular flexibility index (Phi) is 2.94. The lowest BCUT2D eigenvalue weighted by Gasteiger charge is -2.68. The molecule has 0 atom stereocenters. The van der Waals surface area contributed by atoms with Crippen LogP contribution in [0.5, 0.6) is 0 Å². The summed E-state index contributed by atoms with van der Waals surface area (Å²) >= 11 is 0. The number of anilines is 1. The number of aryl methyl sites for hydroxylation is 1. The number of nitrogens with zero attached hydrogens (tertiary/aromatic N) is 3. The largest absolute Gasteiger partial charge is 0.481 e. The molecule has 1 N–H and O–H groups in total. The topological polar surface area (TPSA) is 66.3 Å². The molecule has 1 aromatic carbocycles. The number of carbonyl (C=O) groups is 1. The zero-order valence-electron chi connectivity index (χ0n) is 15.4. The van der Waals surface area contributed by atoms with Crippen molar-refractivity contribution in [3.8, 4) is 11.3 Å². The van der Waals surface area contributed by atoms with E-state index in [0.717, 1.165) is 56.8 Å². The first-order valence-electron chi connectivity index (χ1n) is 10.1. The Morgan fingerprint density at radius 3 is 2.37 bits per heavy atom. The van der Waals surface area contributed by atoms with Crippen molar-refractivity contribution >= 4 is 11.9 Å². The molecule has 1 aliphatic heterocycles. The molecule has 3 saturated carbocycles. The van der Waals surface area contributed by atoms with Gasteiger partial charge in [-0.15, -0.1) is 0 Å². The second kappa shape index (κ2) is 5.09. The molecule has 2 heterocycles. The summed E-state index contributed by atoms with van der Waals surface area (Å²) in [5, 5.41) is 9.35. The van der Waals surface area contributed by atoms with Crippen molar-refractivity contribution in [1.82, 2.24) is 9.97 Å². The van der Waals surface area contributed by atoms with Crippen LogP contribution in [-0.2, 0) is 23.1 Å². The van der Waals surface area contributed by atoms with E-state index in [9.17, 15) is 9.90 Å². The molecule has 0 radical (unpaired) electrons.